The van der Waals surface area contributed by atoms with Crippen molar-refractivity contribution in [3.05, 3.63) is 65.2 Å². The minimum atomic E-state index is -3.46. The normalized spacial score (nSPS) is 11.5. The molecule has 100 valence electrons. The molecule has 0 aliphatic rings. The summed E-state index contributed by atoms with van der Waals surface area (Å²) in [5, 5.41) is 0. The van der Waals surface area contributed by atoms with Gasteiger partial charge in [0.2, 0.25) is 10.0 Å². The maximum absolute atomic E-state index is 12.3. The lowest BCUT2D eigenvalue weighted by Gasteiger charge is -2.11. The van der Waals surface area contributed by atoms with Crippen LogP contribution in [0.3, 0.4) is 0 Å². The Kier molecular flexibility index (Phi) is 4.02. The zero-order valence-corrected chi connectivity index (χ0v) is 11.9. The number of benzene rings is 2. The summed E-state index contributed by atoms with van der Waals surface area (Å²) < 4.78 is 27.2. The molecule has 2 aromatic carbocycles. The molecule has 3 nitrogen and oxygen atoms in total. The van der Waals surface area contributed by atoms with Crippen LogP contribution in [0.4, 0.5) is 0 Å². The number of nitrogens with one attached hydrogen (secondary N) is 1. The highest BCUT2D eigenvalue weighted by molar-refractivity contribution is 7.89. The smallest absolute Gasteiger partial charge is 0.207 e. The molecule has 0 amide bonds. The number of hydrogen-bond acceptors (Lipinski definition) is 2. The number of aryl methyl sites for hydroxylation is 1. The van der Waals surface area contributed by atoms with Gasteiger partial charge in [0.05, 0.1) is 4.90 Å². The fourth-order valence-corrected chi connectivity index (χ4v) is 3.20. The van der Waals surface area contributed by atoms with Gasteiger partial charge in [-0.1, -0.05) is 42.5 Å². The Morgan fingerprint density at radius 1 is 0.947 bits per heavy atom. The Morgan fingerprint density at radius 3 is 2.32 bits per heavy atom. The fraction of sp³-hybridized carbons (Fsp3) is 0.200. The van der Waals surface area contributed by atoms with Crippen LogP contribution in [-0.4, -0.2) is 8.42 Å². The molecule has 0 spiro atoms. The van der Waals surface area contributed by atoms with Gasteiger partial charge in [-0.3, -0.25) is 0 Å². The van der Waals surface area contributed by atoms with Crippen LogP contribution in [0.5, 0.6) is 0 Å². The average molecular weight is 275 g/mol. The van der Waals surface area contributed by atoms with Crippen LogP contribution in [-0.2, 0) is 16.6 Å². The molecule has 0 unspecified atom stereocenters. The van der Waals surface area contributed by atoms with E-state index in [9.17, 15) is 8.42 Å². The predicted octanol–water partition coefficient (Wildman–Crippen LogP) is 2.78. The summed E-state index contributed by atoms with van der Waals surface area (Å²) >= 11 is 0. The van der Waals surface area contributed by atoms with Crippen LogP contribution < -0.4 is 4.72 Å². The second-order valence-electron chi connectivity index (χ2n) is 4.51. The summed E-state index contributed by atoms with van der Waals surface area (Å²) in [7, 11) is -3.46. The van der Waals surface area contributed by atoms with E-state index in [-0.39, 0.29) is 0 Å². The summed E-state index contributed by atoms with van der Waals surface area (Å²) in [5.41, 5.74) is 2.71. The summed E-state index contributed by atoms with van der Waals surface area (Å²) in [4.78, 5) is 0.350. The Morgan fingerprint density at radius 2 is 1.63 bits per heavy atom. The van der Waals surface area contributed by atoms with Gasteiger partial charge >= 0.3 is 0 Å². The Bertz CT molecular complexity index is 664. The van der Waals surface area contributed by atoms with E-state index in [1.807, 2.05) is 50.2 Å². The Labute approximate surface area is 114 Å². The van der Waals surface area contributed by atoms with Crippen molar-refractivity contribution in [2.45, 2.75) is 25.3 Å². The minimum Gasteiger partial charge on any atom is -0.207 e. The van der Waals surface area contributed by atoms with Crippen LogP contribution in [0.2, 0.25) is 0 Å². The summed E-state index contributed by atoms with van der Waals surface area (Å²) in [6.07, 6.45) is 0. The largest absolute Gasteiger partial charge is 0.241 e. The van der Waals surface area contributed by atoms with Gasteiger partial charge in [0.1, 0.15) is 0 Å². The van der Waals surface area contributed by atoms with E-state index < -0.39 is 10.0 Å². The zero-order valence-electron chi connectivity index (χ0n) is 11.1. The second kappa shape index (κ2) is 5.55. The second-order valence-corrected chi connectivity index (χ2v) is 6.24. The van der Waals surface area contributed by atoms with Crippen molar-refractivity contribution in [2.24, 2.45) is 0 Å². The quantitative estimate of drug-likeness (QED) is 0.932. The van der Waals surface area contributed by atoms with Crippen molar-refractivity contribution in [1.82, 2.24) is 4.72 Å². The Hall–Kier alpha value is -1.65. The summed E-state index contributed by atoms with van der Waals surface area (Å²) in [6, 6.07) is 14.8. The monoisotopic (exact) mass is 275 g/mol. The minimum absolute atomic E-state index is 0.302. The first-order valence-corrected chi connectivity index (χ1v) is 7.59. The molecule has 0 fully saturated rings. The first-order valence-electron chi connectivity index (χ1n) is 6.10. The maximum Gasteiger partial charge on any atom is 0.241 e. The van der Waals surface area contributed by atoms with E-state index in [2.05, 4.69) is 4.72 Å². The molecule has 0 aromatic heterocycles. The highest BCUT2D eigenvalue weighted by Crippen LogP contribution is 2.18. The van der Waals surface area contributed by atoms with E-state index in [1.54, 1.807) is 12.1 Å². The van der Waals surface area contributed by atoms with Gasteiger partial charge in [-0.2, -0.15) is 0 Å². The van der Waals surface area contributed by atoms with Gasteiger partial charge in [0, 0.05) is 6.54 Å². The van der Waals surface area contributed by atoms with Gasteiger partial charge in [-0.05, 0) is 36.6 Å². The molecular formula is C15H17NO2S. The lowest BCUT2D eigenvalue weighted by molar-refractivity contribution is 0.580. The topological polar surface area (TPSA) is 46.2 Å². The predicted molar refractivity (Wildman–Crippen MR) is 76.4 cm³/mol. The van der Waals surface area contributed by atoms with Gasteiger partial charge in [-0.25, -0.2) is 13.1 Å². The molecule has 4 heteroatoms. The summed E-state index contributed by atoms with van der Waals surface area (Å²) in [5.74, 6) is 0. The van der Waals surface area contributed by atoms with Gasteiger partial charge in [-0.15, -0.1) is 0 Å². The van der Waals surface area contributed by atoms with Crippen LogP contribution in [0, 0.1) is 13.8 Å². The van der Waals surface area contributed by atoms with Crippen molar-refractivity contribution in [3.63, 3.8) is 0 Å². The third-order valence-corrected chi connectivity index (χ3v) is 4.70. The van der Waals surface area contributed by atoms with Crippen molar-refractivity contribution in [3.8, 4) is 0 Å². The van der Waals surface area contributed by atoms with Crippen molar-refractivity contribution in [2.75, 3.05) is 0 Å². The fourth-order valence-electron chi connectivity index (χ4n) is 1.87. The van der Waals surface area contributed by atoms with E-state index in [1.165, 1.54) is 0 Å². The molecule has 0 saturated carbocycles. The summed E-state index contributed by atoms with van der Waals surface area (Å²) in [6.45, 7) is 4.04. The molecule has 0 atom stereocenters. The zero-order chi connectivity index (χ0) is 13.9. The number of rotatable bonds is 4. The van der Waals surface area contributed by atoms with Crippen molar-refractivity contribution >= 4 is 10.0 Å². The standard InChI is InChI=1S/C15H17NO2S/c1-12-7-6-10-15(13(12)2)19(17,18)16-11-14-8-4-3-5-9-14/h3-10,16H,11H2,1-2H3. The number of sulfonamides is 1. The van der Waals surface area contributed by atoms with E-state index in [0.717, 1.165) is 16.7 Å². The first-order chi connectivity index (χ1) is 9.00. The molecule has 19 heavy (non-hydrogen) atoms. The van der Waals surface area contributed by atoms with E-state index in [0.29, 0.717) is 11.4 Å². The van der Waals surface area contributed by atoms with Crippen molar-refractivity contribution in [1.29, 1.82) is 0 Å². The maximum atomic E-state index is 12.3. The van der Waals surface area contributed by atoms with Crippen LogP contribution in [0.25, 0.3) is 0 Å². The highest BCUT2D eigenvalue weighted by atomic mass is 32.2. The molecule has 0 bridgehead atoms. The molecule has 2 rings (SSSR count). The molecule has 0 aliphatic carbocycles. The van der Waals surface area contributed by atoms with Crippen molar-refractivity contribution < 1.29 is 8.42 Å². The first kappa shape index (κ1) is 13.8. The van der Waals surface area contributed by atoms with Gasteiger partial charge < -0.3 is 0 Å². The molecule has 0 aliphatic heterocycles. The van der Waals surface area contributed by atoms with E-state index >= 15 is 0 Å². The lowest BCUT2D eigenvalue weighted by Crippen LogP contribution is -2.24. The molecule has 1 N–H and O–H groups in total. The molecule has 0 heterocycles. The van der Waals surface area contributed by atoms with Crippen LogP contribution >= 0.6 is 0 Å². The Balaban J connectivity index is 2.22. The van der Waals surface area contributed by atoms with E-state index in [4.69, 9.17) is 0 Å². The molecular weight excluding hydrogens is 258 g/mol. The molecule has 0 saturated heterocycles. The third kappa shape index (κ3) is 3.22. The van der Waals surface area contributed by atoms with Crippen LogP contribution in [0.15, 0.2) is 53.4 Å². The average Bonchev–Trinajstić information content (AvgIpc) is 2.41. The van der Waals surface area contributed by atoms with Gasteiger partial charge in [0.25, 0.3) is 0 Å². The van der Waals surface area contributed by atoms with Gasteiger partial charge in [0.15, 0.2) is 0 Å². The SMILES string of the molecule is Cc1cccc(S(=O)(=O)NCc2ccccc2)c1C. The lowest BCUT2D eigenvalue weighted by atomic mass is 10.1. The van der Waals surface area contributed by atoms with Crippen LogP contribution in [0.1, 0.15) is 16.7 Å². The third-order valence-electron chi connectivity index (χ3n) is 3.15. The molecule has 0 radical (unpaired) electrons. The highest BCUT2D eigenvalue weighted by Gasteiger charge is 2.16. The number of hydrogen-bond donors (Lipinski definition) is 1. The molecule has 2 aromatic rings.